The minimum Gasteiger partial charge on any atom is -0.481 e. The number of hydrogen-bond donors (Lipinski definition) is 2. The molecule has 0 aliphatic rings. The maximum Gasteiger partial charge on any atom is 0.310 e. The van der Waals surface area contributed by atoms with E-state index < -0.39 is 11.9 Å². The molecule has 3 rings (SSSR count). The topological polar surface area (TPSA) is 66.4 Å². The molecule has 1 unspecified atom stereocenters. The van der Waals surface area contributed by atoms with Gasteiger partial charge in [0.05, 0.1) is 11.6 Å². The van der Waals surface area contributed by atoms with Crippen molar-refractivity contribution < 1.29 is 14.7 Å². The molecule has 0 radical (unpaired) electrons. The van der Waals surface area contributed by atoms with Crippen LogP contribution in [0.15, 0.2) is 72.8 Å². The molecule has 0 aromatic heterocycles. The number of para-hydroxylation sites is 1. The van der Waals surface area contributed by atoms with E-state index in [0.717, 1.165) is 28.8 Å². The van der Waals surface area contributed by atoms with Crippen molar-refractivity contribution in [3.8, 4) is 11.1 Å². The predicted molar refractivity (Wildman–Crippen MR) is 103 cm³/mol. The molecule has 0 fully saturated rings. The van der Waals surface area contributed by atoms with Crippen LogP contribution in [0.5, 0.6) is 0 Å². The fourth-order valence-corrected chi connectivity index (χ4v) is 2.85. The van der Waals surface area contributed by atoms with E-state index in [1.807, 2.05) is 48.5 Å². The summed E-state index contributed by atoms with van der Waals surface area (Å²) >= 11 is 0. The Morgan fingerprint density at radius 3 is 2.27 bits per heavy atom. The Bertz CT molecular complexity index is 918. The quantitative estimate of drug-likeness (QED) is 0.610. The Morgan fingerprint density at radius 1 is 0.962 bits per heavy atom. The summed E-state index contributed by atoms with van der Waals surface area (Å²) in [6.07, 6.45) is 0.791. The molecule has 0 bridgehead atoms. The van der Waals surface area contributed by atoms with Crippen LogP contribution in [-0.2, 0) is 4.79 Å². The zero-order valence-electron chi connectivity index (χ0n) is 14.3. The fourth-order valence-electron chi connectivity index (χ4n) is 2.85. The van der Waals surface area contributed by atoms with E-state index in [-0.39, 0.29) is 0 Å². The zero-order valence-corrected chi connectivity index (χ0v) is 14.3. The van der Waals surface area contributed by atoms with Gasteiger partial charge in [-0.1, -0.05) is 48.5 Å². The Hall–Kier alpha value is -3.40. The van der Waals surface area contributed by atoms with Gasteiger partial charge in [0.25, 0.3) is 0 Å². The van der Waals surface area contributed by atoms with Crippen LogP contribution in [0.25, 0.3) is 11.1 Å². The molecule has 2 N–H and O–H groups in total. The fraction of sp³-hybridized carbons (Fsp3) is 0.0909. The second-order valence-corrected chi connectivity index (χ2v) is 6.06. The second kappa shape index (κ2) is 7.66. The van der Waals surface area contributed by atoms with Gasteiger partial charge in [-0.25, -0.2) is 0 Å². The first-order valence-corrected chi connectivity index (χ1v) is 8.33. The van der Waals surface area contributed by atoms with Crippen molar-refractivity contribution in [2.45, 2.75) is 12.8 Å². The summed E-state index contributed by atoms with van der Waals surface area (Å²) in [5, 5.41) is 12.8. The van der Waals surface area contributed by atoms with E-state index in [1.54, 1.807) is 31.2 Å². The third kappa shape index (κ3) is 3.64. The lowest BCUT2D eigenvalue weighted by atomic mass is 9.93. The van der Waals surface area contributed by atoms with Crippen LogP contribution in [0.3, 0.4) is 0 Å². The predicted octanol–water partition coefficient (Wildman–Crippen LogP) is 5.10. The van der Waals surface area contributed by atoms with Crippen LogP contribution in [0.1, 0.15) is 28.8 Å². The summed E-state index contributed by atoms with van der Waals surface area (Å²) in [4.78, 5) is 22.4. The largest absolute Gasteiger partial charge is 0.481 e. The third-order valence-corrected chi connectivity index (χ3v) is 4.33. The molecule has 0 spiro atoms. The molecule has 0 aliphatic carbocycles. The highest BCUT2D eigenvalue weighted by Gasteiger charge is 2.20. The van der Waals surface area contributed by atoms with Gasteiger partial charge in [0, 0.05) is 16.8 Å². The number of aliphatic carboxylic acids is 1. The van der Waals surface area contributed by atoms with Gasteiger partial charge < -0.3 is 10.4 Å². The van der Waals surface area contributed by atoms with Crippen LogP contribution in [0.2, 0.25) is 0 Å². The van der Waals surface area contributed by atoms with Crippen molar-refractivity contribution in [2.24, 2.45) is 0 Å². The van der Waals surface area contributed by atoms with Gasteiger partial charge in [-0.2, -0.15) is 0 Å². The molecular weight excluding hydrogens is 326 g/mol. The Balaban J connectivity index is 2.11. The molecule has 4 nitrogen and oxygen atoms in total. The van der Waals surface area contributed by atoms with E-state index in [0.29, 0.717) is 11.1 Å². The van der Waals surface area contributed by atoms with E-state index in [9.17, 15) is 14.7 Å². The Labute approximate surface area is 152 Å². The first-order valence-electron chi connectivity index (χ1n) is 8.33. The molecule has 3 aromatic carbocycles. The molecule has 0 aliphatic heterocycles. The number of nitrogens with one attached hydrogen (secondary N) is 1. The van der Waals surface area contributed by atoms with E-state index in [4.69, 9.17) is 0 Å². The summed E-state index contributed by atoms with van der Waals surface area (Å²) in [5.41, 5.74) is 4.77. The van der Waals surface area contributed by atoms with Crippen molar-refractivity contribution in [3.63, 3.8) is 0 Å². The maximum atomic E-state index is 11.6. The van der Waals surface area contributed by atoms with Crippen LogP contribution in [0.4, 0.5) is 11.4 Å². The lowest BCUT2D eigenvalue weighted by molar-refractivity contribution is -0.138. The molecule has 0 heterocycles. The van der Waals surface area contributed by atoms with Crippen molar-refractivity contribution in [1.29, 1.82) is 0 Å². The lowest BCUT2D eigenvalue weighted by Gasteiger charge is -2.19. The second-order valence-electron chi connectivity index (χ2n) is 6.06. The molecule has 0 saturated heterocycles. The Kier molecular flexibility index (Phi) is 5.13. The summed E-state index contributed by atoms with van der Waals surface area (Å²) in [6, 6.07) is 22.6. The van der Waals surface area contributed by atoms with E-state index >= 15 is 0 Å². The van der Waals surface area contributed by atoms with Gasteiger partial charge in [-0.15, -0.1) is 0 Å². The van der Waals surface area contributed by atoms with Gasteiger partial charge in [-0.3, -0.25) is 9.59 Å². The maximum absolute atomic E-state index is 11.6. The van der Waals surface area contributed by atoms with Crippen LogP contribution >= 0.6 is 0 Å². The Morgan fingerprint density at radius 2 is 1.65 bits per heavy atom. The van der Waals surface area contributed by atoms with Gasteiger partial charge >= 0.3 is 5.97 Å². The molecule has 0 amide bonds. The number of carbonyl (C=O) groups is 2. The number of hydrogen-bond acceptors (Lipinski definition) is 3. The number of rotatable bonds is 6. The summed E-state index contributed by atoms with van der Waals surface area (Å²) in [5.74, 6) is -1.54. The lowest BCUT2D eigenvalue weighted by Crippen LogP contribution is -2.10. The first-order chi connectivity index (χ1) is 12.6. The standard InChI is InChI=1S/C22H19NO3/c1-15(22(25)26)19-8-5-9-20(17-6-3-2-4-7-17)21(19)23-18-12-10-16(14-24)11-13-18/h2-15,23H,1H3,(H,25,26). The van der Waals surface area contributed by atoms with Gasteiger partial charge in [0.1, 0.15) is 6.29 Å². The molecular formula is C22H19NO3. The SMILES string of the molecule is CC(C(=O)O)c1cccc(-c2ccccc2)c1Nc1ccc(C=O)cc1. The third-order valence-electron chi connectivity index (χ3n) is 4.33. The number of benzene rings is 3. The van der Waals surface area contributed by atoms with Crippen LogP contribution < -0.4 is 5.32 Å². The highest BCUT2D eigenvalue weighted by molar-refractivity contribution is 5.88. The van der Waals surface area contributed by atoms with Crippen molar-refractivity contribution in [3.05, 3.63) is 83.9 Å². The zero-order chi connectivity index (χ0) is 18.5. The van der Waals surface area contributed by atoms with E-state index in [1.165, 1.54) is 0 Å². The van der Waals surface area contributed by atoms with Crippen molar-refractivity contribution in [1.82, 2.24) is 0 Å². The molecule has 3 aromatic rings. The number of aldehydes is 1. The average molecular weight is 345 g/mol. The van der Waals surface area contributed by atoms with Crippen molar-refractivity contribution in [2.75, 3.05) is 5.32 Å². The van der Waals surface area contributed by atoms with Crippen LogP contribution in [-0.4, -0.2) is 17.4 Å². The van der Waals surface area contributed by atoms with Gasteiger partial charge in [-0.05, 0) is 42.3 Å². The summed E-state index contributed by atoms with van der Waals surface area (Å²) in [7, 11) is 0. The number of carboxylic acids is 1. The number of carboxylic acid groups (broad SMARTS) is 1. The molecule has 26 heavy (non-hydrogen) atoms. The number of anilines is 2. The number of carbonyl (C=O) groups excluding carboxylic acids is 1. The normalized spacial score (nSPS) is 11.6. The van der Waals surface area contributed by atoms with Gasteiger partial charge in [0.2, 0.25) is 0 Å². The summed E-state index contributed by atoms with van der Waals surface area (Å²) < 4.78 is 0. The van der Waals surface area contributed by atoms with Gasteiger partial charge in [0.15, 0.2) is 0 Å². The molecule has 4 heteroatoms. The summed E-state index contributed by atoms with van der Waals surface area (Å²) in [6.45, 7) is 1.67. The molecule has 130 valence electrons. The molecule has 1 atom stereocenters. The van der Waals surface area contributed by atoms with Crippen molar-refractivity contribution >= 4 is 23.6 Å². The molecule has 0 saturated carbocycles. The smallest absolute Gasteiger partial charge is 0.310 e. The van der Waals surface area contributed by atoms with Crippen LogP contribution in [0, 0.1) is 0 Å². The minimum absolute atomic E-state index is 0.589. The minimum atomic E-state index is -0.880. The average Bonchev–Trinajstić information content (AvgIpc) is 2.68. The monoisotopic (exact) mass is 345 g/mol. The first kappa shape index (κ1) is 17.4. The van der Waals surface area contributed by atoms with E-state index in [2.05, 4.69) is 5.32 Å². The highest BCUT2D eigenvalue weighted by atomic mass is 16.4. The highest BCUT2D eigenvalue weighted by Crippen LogP contribution is 2.37.